The molecule has 0 radical (unpaired) electrons. The second-order valence-corrected chi connectivity index (χ2v) is 5.95. The van der Waals surface area contributed by atoms with Crippen LogP contribution in [0.25, 0.3) is 0 Å². The quantitative estimate of drug-likeness (QED) is 0.867. The summed E-state index contributed by atoms with van der Waals surface area (Å²) in [6, 6.07) is 12.5. The standard InChI is InChI=1S/C19H21N3O3/c1-25-19(24)17-7-5-6-16(21-17)18(23)20-14-8-10-15(11-9-14)22-12-3-2-4-13-22/h5-11H,2-4,12-13H2,1H3,(H,20,23). The van der Waals surface area contributed by atoms with Crippen molar-refractivity contribution >= 4 is 23.3 Å². The fourth-order valence-corrected chi connectivity index (χ4v) is 2.88. The van der Waals surface area contributed by atoms with Crippen LogP contribution in [0.15, 0.2) is 42.5 Å². The zero-order chi connectivity index (χ0) is 17.6. The van der Waals surface area contributed by atoms with Crippen molar-refractivity contribution in [3.63, 3.8) is 0 Å². The molecule has 25 heavy (non-hydrogen) atoms. The lowest BCUT2D eigenvalue weighted by Crippen LogP contribution is -2.29. The third-order valence-electron chi connectivity index (χ3n) is 4.22. The Hall–Kier alpha value is -2.89. The normalized spacial score (nSPS) is 14.0. The van der Waals surface area contributed by atoms with Gasteiger partial charge >= 0.3 is 5.97 Å². The summed E-state index contributed by atoms with van der Waals surface area (Å²) < 4.78 is 4.62. The van der Waals surface area contributed by atoms with E-state index in [1.165, 1.54) is 38.1 Å². The first-order chi connectivity index (χ1) is 12.2. The summed E-state index contributed by atoms with van der Waals surface area (Å²) in [6.45, 7) is 2.16. The molecule has 0 saturated carbocycles. The highest BCUT2D eigenvalue weighted by molar-refractivity contribution is 6.03. The number of amides is 1. The number of anilines is 2. The highest BCUT2D eigenvalue weighted by Crippen LogP contribution is 2.22. The van der Waals surface area contributed by atoms with Gasteiger partial charge in [-0.25, -0.2) is 9.78 Å². The van der Waals surface area contributed by atoms with Gasteiger partial charge in [-0.3, -0.25) is 4.79 Å². The number of benzene rings is 1. The Morgan fingerprint density at radius 1 is 1.00 bits per heavy atom. The SMILES string of the molecule is COC(=O)c1cccc(C(=O)Nc2ccc(N3CCCCC3)cc2)n1. The van der Waals surface area contributed by atoms with Crippen LogP contribution in [-0.4, -0.2) is 37.1 Å². The third kappa shape index (κ3) is 4.15. The van der Waals surface area contributed by atoms with Crippen molar-refractivity contribution in [2.45, 2.75) is 19.3 Å². The Morgan fingerprint density at radius 3 is 2.36 bits per heavy atom. The van der Waals surface area contributed by atoms with Crippen molar-refractivity contribution in [1.29, 1.82) is 0 Å². The van der Waals surface area contributed by atoms with E-state index in [1.54, 1.807) is 12.1 Å². The average molecular weight is 339 g/mol. The third-order valence-corrected chi connectivity index (χ3v) is 4.22. The molecule has 2 heterocycles. The van der Waals surface area contributed by atoms with E-state index in [2.05, 4.69) is 19.9 Å². The maximum Gasteiger partial charge on any atom is 0.356 e. The number of piperidine rings is 1. The maximum absolute atomic E-state index is 12.3. The van der Waals surface area contributed by atoms with Crippen LogP contribution in [0.5, 0.6) is 0 Å². The monoisotopic (exact) mass is 339 g/mol. The number of rotatable bonds is 4. The van der Waals surface area contributed by atoms with Gasteiger partial charge in [0.25, 0.3) is 5.91 Å². The summed E-state index contributed by atoms with van der Waals surface area (Å²) in [5, 5.41) is 2.80. The Bertz CT molecular complexity index is 753. The first-order valence-corrected chi connectivity index (χ1v) is 8.39. The number of methoxy groups -OCH3 is 1. The van der Waals surface area contributed by atoms with Gasteiger partial charge in [-0.2, -0.15) is 0 Å². The van der Waals surface area contributed by atoms with Crippen molar-refractivity contribution in [2.24, 2.45) is 0 Å². The van der Waals surface area contributed by atoms with Crippen LogP contribution < -0.4 is 10.2 Å². The van der Waals surface area contributed by atoms with E-state index in [-0.39, 0.29) is 17.3 Å². The number of carbonyl (C=O) groups excluding carboxylic acids is 2. The molecule has 6 nitrogen and oxygen atoms in total. The summed E-state index contributed by atoms with van der Waals surface area (Å²) in [7, 11) is 1.28. The molecule has 2 aromatic rings. The van der Waals surface area contributed by atoms with Gasteiger partial charge < -0.3 is 15.0 Å². The lowest BCUT2D eigenvalue weighted by Gasteiger charge is -2.28. The van der Waals surface area contributed by atoms with Crippen LogP contribution >= 0.6 is 0 Å². The fraction of sp³-hybridized carbons (Fsp3) is 0.316. The fourth-order valence-electron chi connectivity index (χ4n) is 2.88. The molecular formula is C19H21N3O3. The van der Waals surface area contributed by atoms with Crippen molar-refractivity contribution in [2.75, 3.05) is 30.4 Å². The largest absolute Gasteiger partial charge is 0.464 e. The zero-order valence-electron chi connectivity index (χ0n) is 14.2. The average Bonchev–Trinajstić information content (AvgIpc) is 2.68. The molecule has 1 fully saturated rings. The molecule has 1 N–H and O–H groups in total. The van der Waals surface area contributed by atoms with E-state index in [4.69, 9.17) is 0 Å². The molecular weight excluding hydrogens is 318 g/mol. The first kappa shape index (κ1) is 17.0. The molecule has 130 valence electrons. The minimum Gasteiger partial charge on any atom is -0.464 e. The minimum absolute atomic E-state index is 0.107. The second kappa shape index (κ2) is 7.79. The number of aromatic nitrogens is 1. The molecule has 1 aromatic heterocycles. The molecule has 1 amide bonds. The Morgan fingerprint density at radius 2 is 1.68 bits per heavy atom. The molecule has 1 aliphatic rings. The van der Waals surface area contributed by atoms with Gasteiger partial charge in [-0.15, -0.1) is 0 Å². The van der Waals surface area contributed by atoms with E-state index in [0.29, 0.717) is 5.69 Å². The molecule has 0 atom stereocenters. The molecule has 1 saturated heterocycles. The number of nitrogens with one attached hydrogen (secondary N) is 1. The van der Waals surface area contributed by atoms with Gasteiger partial charge in [0.2, 0.25) is 0 Å². The van der Waals surface area contributed by atoms with E-state index in [1.807, 2.05) is 24.3 Å². The lowest BCUT2D eigenvalue weighted by atomic mass is 10.1. The predicted molar refractivity (Wildman–Crippen MR) is 96.0 cm³/mol. The highest BCUT2D eigenvalue weighted by Gasteiger charge is 2.14. The maximum atomic E-state index is 12.3. The molecule has 1 aliphatic heterocycles. The van der Waals surface area contributed by atoms with Crippen LogP contribution in [0.1, 0.15) is 40.2 Å². The van der Waals surface area contributed by atoms with Crippen LogP contribution in [0, 0.1) is 0 Å². The number of ether oxygens (including phenoxy) is 1. The highest BCUT2D eigenvalue weighted by atomic mass is 16.5. The molecule has 0 aliphatic carbocycles. The number of pyridine rings is 1. The number of hydrogen-bond donors (Lipinski definition) is 1. The Balaban J connectivity index is 1.67. The van der Waals surface area contributed by atoms with Crippen LogP contribution in [0.3, 0.4) is 0 Å². The van der Waals surface area contributed by atoms with E-state index in [9.17, 15) is 9.59 Å². The molecule has 0 bridgehead atoms. The smallest absolute Gasteiger partial charge is 0.356 e. The number of nitrogens with zero attached hydrogens (tertiary/aromatic N) is 2. The summed E-state index contributed by atoms with van der Waals surface area (Å²) in [6.07, 6.45) is 3.74. The van der Waals surface area contributed by atoms with Gasteiger partial charge in [0, 0.05) is 24.5 Å². The van der Waals surface area contributed by atoms with Crippen LogP contribution in [0.2, 0.25) is 0 Å². The number of carbonyl (C=O) groups is 2. The van der Waals surface area contributed by atoms with Crippen molar-refractivity contribution < 1.29 is 14.3 Å². The van der Waals surface area contributed by atoms with E-state index < -0.39 is 5.97 Å². The number of hydrogen-bond acceptors (Lipinski definition) is 5. The minimum atomic E-state index is -0.569. The van der Waals surface area contributed by atoms with Gasteiger partial charge in [0.1, 0.15) is 11.4 Å². The predicted octanol–water partition coefficient (Wildman–Crippen LogP) is 3.11. The van der Waals surface area contributed by atoms with Gasteiger partial charge in [-0.1, -0.05) is 6.07 Å². The van der Waals surface area contributed by atoms with Crippen molar-refractivity contribution in [3.8, 4) is 0 Å². The first-order valence-electron chi connectivity index (χ1n) is 8.39. The van der Waals surface area contributed by atoms with Gasteiger partial charge in [0.15, 0.2) is 0 Å². The van der Waals surface area contributed by atoms with Crippen LogP contribution in [0.4, 0.5) is 11.4 Å². The van der Waals surface area contributed by atoms with E-state index >= 15 is 0 Å². The molecule has 0 unspecified atom stereocenters. The Kier molecular flexibility index (Phi) is 5.28. The Labute approximate surface area is 146 Å². The van der Waals surface area contributed by atoms with Gasteiger partial charge in [0.05, 0.1) is 7.11 Å². The summed E-state index contributed by atoms with van der Waals surface area (Å²) in [4.78, 5) is 30.2. The summed E-state index contributed by atoms with van der Waals surface area (Å²) in [5.74, 6) is -0.933. The summed E-state index contributed by atoms with van der Waals surface area (Å²) >= 11 is 0. The second-order valence-electron chi connectivity index (χ2n) is 5.95. The van der Waals surface area contributed by atoms with Crippen LogP contribution in [-0.2, 0) is 4.74 Å². The molecule has 0 spiro atoms. The molecule has 1 aromatic carbocycles. The molecule has 6 heteroatoms. The number of esters is 1. The summed E-state index contributed by atoms with van der Waals surface area (Å²) in [5.41, 5.74) is 2.14. The van der Waals surface area contributed by atoms with Gasteiger partial charge in [-0.05, 0) is 55.7 Å². The van der Waals surface area contributed by atoms with Crippen molar-refractivity contribution in [3.05, 3.63) is 53.9 Å². The lowest BCUT2D eigenvalue weighted by molar-refractivity contribution is 0.0594. The van der Waals surface area contributed by atoms with Crippen molar-refractivity contribution in [1.82, 2.24) is 4.98 Å². The zero-order valence-corrected chi connectivity index (χ0v) is 14.2. The molecule has 3 rings (SSSR count). The topological polar surface area (TPSA) is 71.5 Å². The van der Waals surface area contributed by atoms with E-state index in [0.717, 1.165) is 13.1 Å².